The van der Waals surface area contributed by atoms with Gasteiger partial charge in [0.05, 0.1) is 5.69 Å². The molecule has 3 nitrogen and oxygen atoms in total. The minimum Gasteiger partial charge on any atom is -0.396 e. The molecule has 1 aromatic rings. The molecule has 0 bridgehead atoms. The van der Waals surface area contributed by atoms with E-state index in [-0.39, 0.29) is 5.41 Å². The summed E-state index contributed by atoms with van der Waals surface area (Å²) in [5.74, 6) is 0.820. The first kappa shape index (κ1) is 14.5. The first-order valence-corrected chi connectivity index (χ1v) is 7.33. The van der Waals surface area contributed by atoms with Gasteiger partial charge < -0.3 is 5.11 Å². The Hall–Kier alpha value is -0.930. The second-order valence-electron chi connectivity index (χ2n) is 6.33. The van der Waals surface area contributed by atoms with E-state index >= 15 is 0 Å². The van der Waals surface area contributed by atoms with Crippen LogP contribution in [0.25, 0.3) is 0 Å². The average Bonchev–Trinajstić information content (AvgIpc) is 2.43. The zero-order chi connectivity index (χ0) is 13.7. The molecule has 106 valence electrons. The fourth-order valence-electron chi connectivity index (χ4n) is 3.14. The van der Waals surface area contributed by atoms with E-state index in [0.717, 1.165) is 37.5 Å². The lowest BCUT2D eigenvalue weighted by Crippen LogP contribution is -2.41. The van der Waals surface area contributed by atoms with E-state index < -0.39 is 0 Å². The number of hydrogen-bond donors (Lipinski definition) is 1. The molecule has 0 spiro atoms. The van der Waals surface area contributed by atoms with E-state index in [9.17, 15) is 5.11 Å². The van der Waals surface area contributed by atoms with Gasteiger partial charge in [0.25, 0.3) is 0 Å². The molecule has 0 amide bonds. The second kappa shape index (κ2) is 6.49. The van der Waals surface area contributed by atoms with Gasteiger partial charge >= 0.3 is 0 Å². The van der Waals surface area contributed by atoms with E-state index in [1.54, 1.807) is 0 Å². The van der Waals surface area contributed by atoms with E-state index in [4.69, 9.17) is 0 Å². The predicted molar refractivity (Wildman–Crippen MR) is 77.7 cm³/mol. The monoisotopic (exact) mass is 262 g/mol. The molecule has 0 unspecified atom stereocenters. The van der Waals surface area contributed by atoms with Crippen LogP contribution in [-0.4, -0.2) is 35.2 Å². The molecule has 3 heteroatoms. The highest BCUT2D eigenvalue weighted by atomic mass is 16.3. The van der Waals surface area contributed by atoms with Gasteiger partial charge in [0.1, 0.15) is 0 Å². The normalized spacial score (nSPS) is 27.7. The summed E-state index contributed by atoms with van der Waals surface area (Å²) in [6, 6.07) is 6.03. The van der Waals surface area contributed by atoms with Crippen molar-refractivity contribution in [2.75, 3.05) is 20.2 Å². The fraction of sp³-hybridized carbons (Fsp3) is 0.688. The predicted octanol–water partition coefficient (Wildman–Crippen LogP) is 2.70. The number of aliphatic hydroxyl groups is 1. The van der Waals surface area contributed by atoms with Gasteiger partial charge in [0, 0.05) is 31.3 Å². The Balaban J connectivity index is 1.91. The van der Waals surface area contributed by atoms with Gasteiger partial charge in [-0.2, -0.15) is 0 Å². The molecule has 0 atom stereocenters. The van der Waals surface area contributed by atoms with Gasteiger partial charge in [0.2, 0.25) is 0 Å². The van der Waals surface area contributed by atoms with Crippen molar-refractivity contribution >= 4 is 0 Å². The number of aliphatic hydroxyl groups excluding tert-OH is 1. The van der Waals surface area contributed by atoms with E-state index in [0.29, 0.717) is 6.61 Å². The van der Waals surface area contributed by atoms with E-state index in [2.05, 4.69) is 29.9 Å². The molecule has 0 saturated heterocycles. The number of hydrogen-bond acceptors (Lipinski definition) is 3. The molecule has 1 aromatic heterocycles. The molecule has 0 aromatic carbocycles. The summed E-state index contributed by atoms with van der Waals surface area (Å²) in [4.78, 5) is 6.67. The Kier molecular flexibility index (Phi) is 4.94. The number of aromatic nitrogens is 1. The van der Waals surface area contributed by atoms with Crippen LogP contribution < -0.4 is 0 Å². The van der Waals surface area contributed by atoms with Crippen molar-refractivity contribution < 1.29 is 5.11 Å². The smallest absolute Gasteiger partial charge is 0.0543 e. The molecule has 0 aliphatic heterocycles. The van der Waals surface area contributed by atoms with Gasteiger partial charge in [-0.1, -0.05) is 25.8 Å². The summed E-state index contributed by atoms with van der Waals surface area (Å²) in [7, 11) is 2.13. The Morgan fingerprint density at radius 3 is 2.68 bits per heavy atom. The first-order chi connectivity index (χ1) is 9.13. The summed E-state index contributed by atoms with van der Waals surface area (Å²) in [6.45, 7) is 4.45. The quantitative estimate of drug-likeness (QED) is 0.886. The summed E-state index contributed by atoms with van der Waals surface area (Å²) in [6.07, 6.45) is 6.64. The zero-order valence-electron chi connectivity index (χ0n) is 12.2. The maximum atomic E-state index is 9.80. The van der Waals surface area contributed by atoms with Gasteiger partial charge in [0.15, 0.2) is 0 Å². The lowest BCUT2D eigenvalue weighted by molar-refractivity contribution is 0.0343. The van der Waals surface area contributed by atoms with Crippen molar-refractivity contribution in [1.29, 1.82) is 0 Å². The van der Waals surface area contributed by atoms with E-state index in [1.807, 2.05) is 18.3 Å². The number of rotatable bonds is 5. The van der Waals surface area contributed by atoms with E-state index in [1.165, 1.54) is 12.8 Å². The van der Waals surface area contributed by atoms with Crippen LogP contribution in [0.3, 0.4) is 0 Å². The van der Waals surface area contributed by atoms with Gasteiger partial charge in [-0.05, 0) is 37.9 Å². The molecule has 1 fully saturated rings. The lowest BCUT2D eigenvalue weighted by atomic mass is 9.71. The Morgan fingerprint density at radius 1 is 1.37 bits per heavy atom. The summed E-state index contributed by atoms with van der Waals surface area (Å²) >= 11 is 0. The van der Waals surface area contributed by atoms with Crippen molar-refractivity contribution in [2.45, 2.75) is 39.2 Å². The molecule has 1 heterocycles. The largest absolute Gasteiger partial charge is 0.396 e. The third kappa shape index (κ3) is 4.02. The molecule has 1 saturated carbocycles. The number of pyridine rings is 1. The Bertz CT molecular complexity index is 372. The van der Waals surface area contributed by atoms with Crippen molar-refractivity contribution in [3.05, 3.63) is 30.1 Å². The summed E-state index contributed by atoms with van der Waals surface area (Å²) in [5, 5.41) is 9.80. The molecule has 19 heavy (non-hydrogen) atoms. The SMILES string of the molecule is CC1CCC(CO)(CN(C)Cc2ccccn2)CC1. The van der Waals surface area contributed by atoms with Crippen LogP contribution in [0, 0.1) is 11.3 Å². The maximum Gasteiger partial charge on any atom is 0.0543 e. The third-order valence-corrected chi connectivity index (χ3v) is 4.43. The second-order valence-corrected chi connectivity index (χ2v) is 6.33. The lowest BCUT2D eigenvalue weighted by Gasteiger charge is -2.40. The van der Waals surface area contributed by atoms with Crippen LogP contribution in [0.4, 0.5) is 0 Å². The first-order valence-electron chi connectivity index (χ1n) is 7.33. The molecule has 0 radical (unpaired) electrons. The van der Waals surface area contributed by atoms with Crippen LogP contribution >= 0.6 is 0 Å². The van der Waals surface area contributed by atoms with Crippen LogP contribution in [0.15, 0.2) is 24.4 Å². The summed E-state index contributed by atoms with van der Waals surface area (Å²) < 4.78 is 0. The molecule has 1 N–H and O–H groups in total. The highest BCUT2D eigenvalue weighted by molar-refractivity contribution is 5.03. The Morgan fingerprint density at radius 2 is 2.11 bits per heavy atom. The average molecular weight is 262 g/mol. The Labute approximate surface area is 116 Å². The van der Waals surface area contributed by atoms with Crippen LogP contribution in [-0.2, 0) is 6.54 Å². The standard InChI is InChI=1S/C16H26N2O/c1-14-6-8-16(13-19,9-7-14)12-18(2)11-15-5-3-4-10-17-15/h3-5,10,14,19H,6-9,11-13H2,1-2H3. The van der Waals surface area contributed by atoms with Crippen molar-refractivity contribution in [2.24, 2.45) is 11.3 Å². The molecule has 2 rings (SSSR count). The fourth-order valence-corrected chi connectivity index (χ4v) is 3.14. The van der Waals surface area contributed by atoms with Gasteiger partial charge in [-0.15, -0.1) is 0 Å². The van der Waals surface area contributed by atoms with Crippen molar-refractivity contribution in [3.8, 4) is 0 Å². The number of nitrogens with zero attached hydrogens (tertiary/aromatic N) is 2. The zero-order valence-corrected chi connectivity index (χ0v) is 12.2. The summed E-state index contributed by atoms with van der Waals surface area (Å²) in [5.41, 5.74) is 1.21. The molecule has 1 aliphatic rings. The topological polar surface area (TPSA) is 36.4 Å². The van der Waals surface area contributed by atoms with Crippen LogP contribution in [0.5, 0.6) is 0 Å². The molecular weight excluding hydrogens is 236 g/mol. The molecular formula is C16H26N2O. The highest BCUT2D eigenvalue weighted by Crippen LogP contribution is 2.39. The van der Waals surface area contributed by atoms with Crippen molar-refractivity contribution in [3.63, 3.8) is 0 Å². The highest BCUT2D eigenvalue weighted by Gasteiger charge is 2.34. The van der Waals surface area contributed by atoms with Crippen LogP contribution in [0.1, 0.15) is 38.3 Å². The minimum absolute atomic E-state index is 0.107. The maximum absolute atomic E-state index is 9.80. The van der Waals surface area contributed by atoms with Gasteiger partial charge in [-0.25, -0.2) is 0 Å². The van der Waals surface area contributed by atoms with Gasteiger partial charge in [-0.3, -0.25) is 9.88 Å². The van der Waals surface area contributed by atoms with Crippen molar-refractivity contribution in [1.82, 2.24) is 9.88 Å². The molecule has 1 aliphatic carbocycles. The third-order valence-electron chi connectivity index (χ3n) is 4.43. The van der Waals surface area contributed by atoms with Crippen LogP contribution in [0.2, 0.25) is 0 Å². The minimum atomic E-state index is 0.107.